The quantitative estimate of drug-likeness (QED) is 0.200. The number of esters is 1. The zero-order chi connectivity index (χ0) is 26.5. The molecular formula is C25H36N2O9. The van der Waals surface area contributed by atoms with Crippen molar-refractivity contribution in [1.29, 1.82) is 0 Å². The maximum Gasteiger partial charge on any atom is 0.355 e. The van der Waals surface area contributed by atoms with Gasteiger partial charge in [0, 0.05) is 18.0 Å². The number of hydroxylamine groups is 1. The van der Waals surface area contributed by atoms with Crippen LogP contribution in [0.5, 0.6) is 0 Å². The number of aromatic amines is 1. The van der Waals surface area contributed by atoms with Crippen LogP contribution in [0.3, 0.4) is 0 Å². The van der Waals surface area contributed by atoms with Gasteiger partial charge in [-0.3, -0.25) is 0 Å². The predicted molar refractivity (Wildman–Crippen MR) is 121 cm³/mol. The number of H-pyrrole nitrogens is 1. The van der Waals surface area contributed by atoms with E-state index in [1.165, 1.54) is 26.1 Å². The van der Waals surface area contributed by atoms with Crippen molar-refractivity contribution in [1.82, 2.24) is 10.5 Å². The first-order valence-electron chi connectivity index (χ1n) is 12.6. The molecule has 6 fully saturated rings. The molecule has 11 nitrogen and oxygen atoms in total. The van der Waals surface area contributed by atoms with E-state index < -0.39 is 68.7 Å². The van der Waals surface area contributed by atoms with Crippen molar-refractivity contribution < 1.29 is 45.0 Å². The van der Waals surface area contributed by atoms with Crippen molar-refractivity contribution in [2.45, 2.75) is 99.8 Å². The molecule has 1 aromatic rings. The highest BCUT2D eigenvalue weighted by Crippen LogP contribution is 2.90. The number of aromatic nitrogens is 1. The SMILES string of the molecule is CC(C)[C@@]1(O)[C@@H](OC(=O)c2ccc[nH]2)[C@@]2(O)[C@@]3(C)C[C@]4(O)O[C@@]5([C@H](NO)[C@@H](C)CC[C@]35O)[C@@]2(O)[C@]14C. The summed E-state index contributed by atoms with van der Waals surface area (Å²) in [5.74, 6) is -4.24. The zero-order valence-corrected chi connectivity index (χ0v) is 21.1. The summed E-state index contributed by atoms with van der Waals surface area (Å²) in [4.78, 5) is 16.0. The lowest BCUT2D eigenvalue weighted by atomic mass is 9.52. The number of carbonyl (C=O) groups excluding carboxylic acids is 1. The van der Waals surface area contributed by atoms with Crippen LogP contribution in [0, 0.1) is 22.7 Å². The summed E-state index contributed by atoms with van der Waals surface area (Å²) >= 11 is 0. The number of aliphatic hydroxyl groups is 5. The molecule has 6 bridgehead atoms. The van der Waals surface area contributed by atoms with E-state index in [2.05, 4.69) is 10.5 Å². The van der Waals surface area contributed by atoms with E-state index in [1.54, 1.807) is 26.8 Å². The van der Waals surface area contributed by atoms with Crippen LogP contribution in [-0.4, -0.2) is 87.6 Å². The average Bonchev–Trinajstić information content (AvgIpc) is 3.43. The molecule has 36 heavy (non-hydrogen) atoms. The standard InChI is InChI=1S/C25H36N2O9/c1-12(2)22(31)17(35-16(28)14-7-6-10-26-14)23(32)18(4)11-21(30)19(22,5)25(23,33)24(36-21)15(27-34)13(3)8-9-20(18,24)29/h6-7,10,12-13,15,17,26-27,29-34H,8-9,11H2,1-5H3/t13-,15+,17+,18-,19-,20-,21-,22+,23+,24+,25+/m0/s1. The van der Waals surface area contributed by atoms with Gasteiger partial charge in [0.05, 0.1) is 11.5 Å². The second-order valence-corrected chi connectivity index (χ2v) is 12.6. The van der Waals surface area contributed by atoms with Gasteiger partial charge in [-0.1, -0.05) is 27.7 Å². The summed E-state index contributed by atoms with van der Waals surface area (Å²) < 4.78 is 12.2. The Labute approximate surface area is 208 Å². The van der Waals surface area contributed by atoms with Crippen molar-refractivity contribution in [3.8, 4) is 0 Å². The van der Waals surface area contributed by atoms with Crippen molar-refractivity contribution >= 4 is 5.97 Å². The summed E-state index contributed by atoms with van der Waals surface area (Å²) in [5.41, 5.74) is -12.9. The molecule has 4 aliphatic carbocycles. The second-order valence-electron chi connectivity index (χ2n) is 12.6. The number of ether oxygens (including phenoxy) is 2. The number of hydrogen-bond acceptors (Lipinski definition) is 10. The Morgan fingerprint density at radius 1 is 1.22 bits per heavy atom. The second kappa shape index (κ2) is 6.35. The number of rotatable bonds is 4. The monoisotopic (exact) mass is 508 g/mol. The van der Waals surface area contributed by atoms with E-state index in [1.807, 2.05) is 0 Å². The summed E-state index contributed by atoms with van der Waals surface area (Å²) in [5, 5.41) is 73.2. The molecule has 0 aromatic carbocycles. The lowest BCUT2D eigenvalue weighted by Gasteiger charge is -2.61. The van der Waals surface area contributed by atoms with Crippen molar-refractivity contribution in [3.05, 3.63) is 24.0 Å². The molecule has 3 heterocycles. The molecular weight excluding hydrogens is 472 g/mol. The van der Waals surface area contributed by atoms with E-state index in [9.17, 15) is 35.5 Å². The summed E-state index contributed by atoms with van der Waals surface area (Å²) in [6.45, 7) is 8.01. The lowest BCUT2D eigenvalue weighted by Crippen LogP contribution is -2.77. The maximum atomic E-state index is 13.2. The molecule has 0 radical (unpaired) electrons. The molecule has 1 spiro atoms. The smallest absolute Gasteiger partial charge is 0.355 e. The van der Waals surface area contributed by atoms with E-state index in [0.717, 1.165) is 0 Å². The molecule has 6 aliphatic rings. The predicted octanol–water partition coefficient (Wildman–Crippen LogP) is -0.201. The van der Waals surface area contributed by atoms with Crippen LogP contribution in [0.1, 0.15) is 64.4 Å². The fourth-order valence-corrected chi connectivity index (χ4v) is 9.82. The van der Waals surface area contributed by atoms with Gasteiger partial charge < -0.3 is 45.2 Å². The third-order valence-electron chi connectivity index (χ3n) is 11.5. The molecule has 11 atom stereocenters. The van der Waals surface area contributed by atoms with E-state index in [4.69, 9.17) is 9.47 Å². The minimum absolute atomic E-state index is 0.0683. The van der Waals surface area contributed by atoms with E-state index in [-0.39, 0.29) is 24.5 Å². The van der Waals surface area contributed by atoms with Gasteiger partial charge in [-0.25, -0.2) is 4.79 Å². The minimum atomic E-state index is -2.56. The van der Waals surface area contributed by atoms with Gasteiger partial charge in [0.25, 0.3) is 0 Å². The highest BCUT2D eigenvalue weighted by molar-refractivity contribution is 5.87. The molecule has 4 saturated carbocycles. The molecule has 2 saturated heterocycles. The van der Waals surface area contributed by atoms with Crippen LogP contribution < -0.4 is 5.48 Å². The first kappa shape index (κ1) is 24.7. The van der Waals surface area contributed by atoms with Gasteiger partial charge in [0.15, 0.2) is 17.5 Å². The Hall–Kier alpha value is -1.57. The topological polar surface area (TPSA) is 185 Å². The molecule has 1 aromatic heterocycles. The fourth-order valence-electron chi connectivity index (χ4n) is 9.82. The molecule has 0 amide bonds. The first-order valence-corrected chi connectivity index (χ1v) is 12.6. The van der Waals surface area contributed by atoms with Crippen LogP contribution in [-0.2, 0) is 9.47 Å². The highest BCUT2D eigenvalue weighted by atomic mass is 16.7. The van der Waals surface area contributed by atoms with Crippen LogP contribution in [0.4, 0.5) is 0 Å². The molecule has 8 N–H and O–H groups in total. The Bertz CT molecular complexity index is 1150. The third kappa shape index (κ3) is 1.80. The average molecular weight is 509 g/mol. The fraction of sp³-hybridized carbons (Fsp3) is 0.800. The Morgan fingerprint density at radius 2 is 1.89 bits per heavy atom. The molecule has 200 valence electrons. The molecule has 2 aliphatic heterocycles. The Balaban J connectivity index is 1.70. The molecule has 11 heteroatoms. The van der Waals surface area contributed by atoms with Crippen molar-refractivity contribution in [2.75, 3.05) is 0 Å². The number of hydrogen-bond donors (Lipinski definition) is 8. The van der Waals surface area contributed by atoms with Gasteiger partial charge in [-0.2, -0.15) is 5.48 Å². The highest BCUT2D eigenvalue weighted by Gasteiger charge is 3.10. The maximum absolute atomic E-state index is 13.2. The Morgan fingerprint density at radius 3 is 2.44 bits per heavy atom. The van der Waals surface area contributed by atoms with E-state index >= 15 is 0 Å². The summed E-state index contributed by atoms with van der Waals surface area (Å²) in [6, 6.07) is 1.94. The largest absolute Gasteiger partial charge is 0.451 e. The number of carbonyl (C=O) groups is 1. The van der Waals surface area contributed by atoms with Crippen LogP contribution in [0.15, 0.2) is 18.3 Å². The van der Waals surface area contributed by atoms with Crippen LogP contribution >= 0.6 is 0 Å². The van der Waals surface area contributed by atoms with Gasteiger partial charge in [-0.15, -0.1) is 0 Å². The van der Waals surface area contributed by atoms with Crippen LogP contribution in [0.2, 0.25) is 0 Å². The summed E-state index contributed by atoms with van der Waals surface area (Å²) in [7, 11) is 0. The minimum Gasteiger partial charge on any atom is -0.451 e. The van der Waals surface area contributed by atoms with Gasteiger partial charge in [0.2, 0.25) is 0 Å². The lowest BCUT2D eigenvalue weighted by molar-refractivity contribution is -0.384. The molecule has 7 rings (SSSR count). The third-order valence-corrected chi connectivity index (χ3v) is 11.5. The Kier molecular flexibility index (Phi) is 4.36. The first-order chi connectivity index (χ1) is 16.6. The van der Waals surface area contributed by atoms with Crippen molar-refractivity contribution in [2.24, 2.45) is 22.7 Å². The van der Waals surface area contributed by atoms with Gasteiger partial charge in [0.1, 0.15) is 28.1 Å². The summed E-state index contributed by atoms with van der Waals surface area (Å²) in [6.07, 6.45) is -0.0889. The van der Waals surface area contributed by atoms with Gasteiger partial charge >= 0.3 is 5.97 Å². The zero-order valence-electron chi connectivity index (χ0n) is 21.1. The van der Waals surface area contributed by atoms with E-state index in [0.29, 0.717) is 6.42 Å². The molecule has 0 unspecified atom stereocenters. The van der Waals surface area contributed by atoms with Crippen LogP contribution in [0.25, 0.3) is 0 Å². The van der Waals surface area contributed by atoms with Crippen molar-refractivity contribution in [3.63, 3.8) is 0 Å². The van der Waals surface area contributed by atoms with Gasteiger partial charge in [-0.05, 0) is 43.7 Å². The number of nitrogens with one attached hydrogen (secondary N) is 2. The normalized spacial score (nSPS) is 58.5.